The standard InChI is InChI=1S/C8H18N2.H2/c1-3-10-6-4-5-8(10)7-9-2;/h8-9H,3-7H2,1-2H3;1H. The average molecular weight is 144 g/mol. The Morgan fingerprint density at radius 2 is 2.50 bits per heavy atom. The summed E-state index contributed by atoms with van der Waals surface area (Å²) in [5.41, 5.74) is 0. The lowest BCUT2D eigenvalue weighted by Crippen LogP contribution is -2.36. The Kier molecular flexibility index (Phi) is 3.16. The second kappa shape index (κ2) is 3.94. The summed E-state index contributed by atoms with van der Waals surface area (Å²) in [4.78, 5) is 2.55. The van der Waals surface area contributed by atoms with Crippen molar-refractivity contribution in [2.24, 2.45) is 0 Å². The summed E-state index contributed by atoms with van der Waals surface area (Å²) >= 11 is 0. The predicted molar refractivity (Wildman–Crippen MR) is 46.3 cm³/mol. The highest BCUT2D eigenvalue weighted by molar-refractivity contribution is 4.79. The summed E-state index contributed by atoms with van der Waals surface area (Å²) in [6, 6.07) is 0.815. The molecule has 0 aliphatic carbocycles. The molecule has 2 heteroatoms. The van der Waals surface area contributed by atoms with Crippen LogP contribution in [0.25, 0.3) is 0 Å². The molecule has 0 aromatic heterocycles. The fourth-order valence-corrected chi connectivity index (χ4v) is 1.78. The number of rotatable bonds is 3. The van der Waals surface area contributed by atoms with E-state index in [0.29, 0.717) is 0 Å². The molecule has 0 aromatic rings. The Morgan fingerprint density at radius 1 is 1.70 bits per heavy atom. The van der Waals surface area contributed by atoms with Crippen molar-refractivity contribution < 1.29 is 1.43 Å². The summed E-state index contributed by atoms with van der Waals surface area (Å²) < 4.78 is 0. The molecule has 1 atom stereocenters. The van der Waals surface area contributed by atoms with Gasteiger partial charge in [0, 0.05) is 14.0 Å². The van der Waals surface area contributed by atoms with Crippen molar-refractivity contribution >= 4 is 0 Å². The number of hydrogen-bond acceptors (Lipinski definition) is 2. The second-order valence-electron chi connectivity index (χ2n) is 2.98. The first-order valence-electron chi connectivity index (χ1n) is 4.27. The molecule has 1 aliphatic heterocycles. The van der Waals surface area contributed by atoms with Crippen LogP contribution in [0.2, 0.25) is 0 Å². The van der Waals surface area contributed by atoms with Crippen LogP contribution in [0.4, 0.5) is 0 Å². The van der Waals surface area contributed by atoms with Gasteiger partial charge in [-0.3, -0.25) is 4.90 Å². The van der Waals surface area contributed by atoms with E-state index in [4.69, 9.17) is 0 Å². The van der Waals surface area contributed by atoms with E-state index >= 15 is 0 Å². The smallest absolute Gasteiger partial charge is 0.0220 e. The van der Waals surface area contributed by atoms with Crippen molar-refractivity contribution in [2.45, 2.75) is 25.8 Å². The van der Waals surface area contributed by atoms with Gasteiger partial charge >= 0.3 is 0 Å². The van der Waals surface area contributed by atoms with E-state index in [9.17, 15) is 0 Å². The molecule has 0 amide bonds. The molecule has 1 saturated heterocycles. The molecule has 1 fully saturated rings. The van der Waals surface area contributed by atoms with Crippen molar-refractivity contribution in [3.63, 3.8) is 0 Å². The highest BCUT2D eigenvalue weighted by Crippen LogP contribution is 2.14. The molecule has 1 unspecified atom stereocenters. The Balaban J connectivity index is 0.000001000. The average Bonchev–Trinajstić information content (AvgIpc) is 2.36. The van der Waals surface area contributed by atoms with Crippen molar-refractivity contribution in [1.82, 2.24) is 10.2 Å². The first-order valence-corrected chi connectivity index (χ1v) is 4.27. The number of hydrogen-bond donors (Lipinski definition) is 1. The van der Waals surface area contributed by atoms with Crippen LogP contribution in [0.15, 0.2) is 0 Å². The molecule has 1 aliphatic rings. The third-order valence-electron chi connectivity index (χ3n) is 2.35. The van der Waals surface area contributed by atoms with E-state index in [-0.39, 0.29) is 1.43 Å². The van der Waals surface area contributed by atoms with Gasteiger partial charge < -0.3 is 5.32 Å². The lowest BCUT2D eigenvalue weighted by Gasteiger charge is -2.21. The maximum atomic E-state index is 3.23. The first-order chi connectivity index (χ1) is 4.88. The molecule has 2 nitrogen and oxygen atoms in total. The third-order valence-corrected chi connectivity index (χ3v) is 2.35. The van der Waals surface area contributed by atoms with Crippen molar-refractivity contribution in [2.75, 3.05) is 26.7 Å². The Bertz CT molecular complexity index is 98.1. The Hall–Kier alpha value is -0.0800. The lowest BCUT2D eigenvalue weighted by molar-refractivity contribution is 0.264. The molecule has 0 radical (unpaired) electrons. The maximum absolute atomic E-state index is 3.23. The Labute approximate surface area is 65.1 Å². The number of likely N-dealkylation sites (N-methyl/N-ethyl adjacent to an activating group) is 2. The summed E-state index contributed by atoms with van der Waals surface area (Å²) in [7, 11) is 2.03. The number of nitrogens with zero attached hydrogens (tertiary/aromatic N) is 1. The monoisotopic (exact) mass is 144 g/mol. The zero-order valence-corrected chi connectivity index (χ0v) is 7.06. The highest BCUT2D eigenvalue weighted by Gasteiger charge is 2.21. The molecule has 1 rings (SSSR count). The molecular formula is C8H20N2. The van der Waals surface area contributed by atoms with Gasteiger partial charge in [0.05, 0.1) is 0 Å². The van der Waals surface area contributed by atoms with Crippen LogP contribution in [-0.4, -0.2) is 37.6 Å². The zero-order chi connectivity index (χ0) is 7.40. The summed E-state index contributed by atoms with van der Waals surface area (Å²) in [5, 5.41) is 3.23. The minimum absolute atomic E-state index is 0. The van der Waals surface area contributed by atoms with Gasteiger partial charge in [0.25, 0.3) is 0 Å². The van der Waals surface area contributed by atoms with Gasteiger partial charge in [0.15, 0.2) is 0 Å². The minimum atomic E-state index is 0. The van der Waals surface area contributed by atoms with Crippen molar-refractivity contribution in [3.05, 3.63) is 0 Å². The molecule has 10 heavy (non-hydrogen) atoms. The molecule has 0 bridgehead atoms. The van der Waals surface area contributed by atoms with Crippen molar-refractivity contribution in [3.8, 4) is 0 Å². The largest absolute Gasteiger partial charge is 0.318 e. The van der Waals surface area contributed by atoms with Gasteiger partial charge in [-0.1, -0.05) is 6.92 Å². The van der Waals surface area contributed by atoms with Crippen LogP contribution in [0.3, 0.4) is 0 Å². The SMILES string of the molecule is CCN1CCCC1CNC.[HH]. The maximum Gasteiger partial charge on any atom is 0.0220 e. The summed E-state index contributed by atoms with van der Waals surface area (Å²) in [5.74, 6) is 0. The van der Waals surface area contributed by atoms with Crippen molar-refractivity contribution in [1.29, 1.82) is 0 Å². The van der Waals surface area contributed by atoms with E-state index in [2.05, 4.69) is 17.1 Å². The van der Waals surface area contributed by atoms with Crippen LogP contribution in [0, 0.1) is 0 Å². The van der Waals surface area contributed by atoms with Gasteiger partial charge in [-0.05, 0) is 33.0 Å². The van der Waals surface area contributed by atoms with Crippen LogP contribution in [0.5, 0.6) is 0 Å². The molecule has 0 saturated carbocycles. The highest BCUT2D eigenvalue weighted by atomic mass is 15.2. The molecule has 1 heterocycles. The van der Waals surface area contributed by atoms with E-state index in [1.54, 1.807) is 0 Å². The van der Waals surface area contributed by atoms with Crippen LogP contribution in [0.1, 0.15) is 21.2 Å². The van der Waals surface area contributed by atoms with E-state index in [1.165, 1.54) is 25.9 Å². The van der Waals surface area contributed by atoms with Crippen LogP contribution >= 0.6 is 0 Å². The van der Waals surface area contributed by atoms with Gasteiger partial charge in [-0.25, -0.2) is 0 Å². The van der Waals surface area contributed by atoms with Gasteiger partial charge in [0.1, 0.15) is 0 Å². The lowest BCUT2D eigenvalue weighted by atomic mass is 10.2. The molecular weight excluding hydrogens is 124 g/mol. The molecule has 0 spiro atoms. The molecule has 62 valence electrons. The predicted octanol–water partition coefficient (Wildman–Crippen LogP) is 0.936. The summed E-state index contributed by atoms with van der Waals surface area (Å²) in [6.07, 6.45) is 2.77. The van der Waals surface area contributed by atoms with E-state index in [1.807, 2.05) is 7.05 Å². The Morgan fingerprint density at radius 3 is 3.10 bits per heavy atom. The number of nitrogens with one attached hydrogen (secondary N) is 1. The van der Waals surface area contributed by atoms with Gasteiger partial charge in [-0.15, -0.1) is 0 Å². The van der Waals surface area contributed by atoms with Crippen LogP contribution in [-0.2, 0) is 0 Å². The van der Waals surface area contributed by atoms with E-state index < -0.39 is 0 Å². The number of likely N-dealkylation sites (tertiary alicyclic amines) is 1. The third kappa shape index (κ3) is 1.70. The fourth-order valence-electron chi connectivity index (χ4n) is 1.78. The normalized spacial score (nSPS) is 27.6. The van der Waals surface area contributed by atoms with Gasteiger partial charge in [0.2, 0.25) is 0 Å². The minimum Gasteiger partial charge on any atom is -0.318 e. The quantitative estimate of drug-likeness (QED) is 0.634. The van der Waals surface area contributed by atoms with Gasteiger partial charge in [-0.2, -0.15) is 0 Å². The van der Waals surface area contributed by atoms with E-state index in [0.717, 1.165) is 12.6 Å². The summed E-state index contributed by atoms with van der Waals surface area (Å²) in [6.45, 7) is 5.93. The fraction of sp³-hybridized carbons (Fsp3) is 1.00. The zero-order valence-electron chi connectivity index (χ0n) is 7.06. The molecule has 0 aromatic carbocycles. The first kappa shape index (κ1) is 8.02. The second-order valence-corrected chi connectivity index (χ2v) is 2.98. The topological polar surface area (TPSA) is 15.3 Å². The van der Waals surface area contributed by atoms with Crippen LogP contribution < -0.4 is 5.32 Å². The molecule has 1 N–H and O–H groups in total.